The minimum Gasteiger partial charge on any atom is -0.341 e. The highest BCUT2D eigenvalue weighted by Gasteiger charge is 2.38. The number of likely N-dealkylation sites (tertiary alicyclic amines) is 2. The van der Waals surface area contributed by atoms with Crippen molar-refractivity contribution in [2.45, 2.75) is 65.3 Å². The van der Waals surface area contributed by atoms with Crippen LogP contribution in [-0.4, -0.2) is 47.3 Å². The lowest BCUT2D eigenvalue weighted by atomic mass is 9.98. The van der Waals surface area contributed by atoms with E-state index in [4.69, 9.17) is 0 Å². The van der Waals surface area contributed by atoms with Crippen LogP contribution in [0.25, 0.3) is 0 Å². The average molecular weight is 294 g/mol. The molecule has 0 aromatic carbocycles. The van der Waals surface area contributed by atoms with Gasteiger partial charge in [-0.25, -0.2) is 0 Å². The number of hydrogen-bond acceptors (Lipinski definition) is 2. The molecule has 2 saturated heterocycles. The number of amides is 2. The van der Waals surface area contributed by atoms with Gasteiger partial charge in [0, 0.05) is 25.6 Å². The standard InChI is InChI=1S/C17H30N2O2/c1-4-14(5-2)16(20)19-10-6-7-15(19)17(21)18-11-8-13(3)9-12-18/h13-15H,4-12H2,1-3H3/t15-/m0/s1. The third kappa shape index (κ3) is 3.58. The maximum absolute atomic E-state index is 12.8. The first kappa shape index (κ1) is 16.3. The van der Waals surface area contributed by atoms with E-state index >= 15 is 0 Å². The lowest BCUT2D eigenvalue weighted by Crippen LogP contribution is -2.51. The third-order valence-corrected chi connectivity index (χ3v) is 5.25. The number of carbonyl (C=O) groups excluding carboxylic acids is 2. The molecule has 2 rings (SSSR count). The fourth-order valence-electron chi connectivity index (χ4n) is 3.60. The van der Waals surface area contributed by atoms with E-state index in [0.29, 0.717) is 0 Å². The van der Waals surface area contributed by atoms with Gasteiger partial charge in [-0.3, -0.25) is 9.59 Å². The molecule has 2 aliphatic rings. The third-order valence-electron chi connectivity index (χ3n) is 5.25. The molecule has 0 saturated carbocycles. The van der Waals surface area contributed by atoms with Crippen molar-refractivity contribution in [3.8, 4) is 0 Å². The van der Waals surface area contributed by atoms with Gasteiger partial charge in [0.05, 0.1) is 0 Å². The molecule has 0 radical (unpaired) electrons. The van der Waals surface area contributed by atoms with Gasteiger partial charge in [0.2, 0.25) is 11.8 Å². The van der Waals surface area contributed by atoms with E-state index in [2.05, 4.69) is 20.8 Å². The van der Waals surface area contributed by atoms with E-state index in [9.17, 15) is 9.59 Å². The van der Waals surface area contributed by atoms with Gasteiger partial charge in [-0.1, -0.05) is 20.8 Å². The van der Waals surface area contributed by atoms with E-state index in [0.717, 1.165) is 64.1 Å². The lowest BCUT2D eigenvalue weighted by molar-refractivity contribution is -0.146. The second-order valence-electron chi connectivity index (χ2n) is 6.71. The Balaban J connectivity index is 2.01. The van der Waals surface area contributed by atoms with E-state index < -0.39 is 0 Å². The van der Waals surface area contributed by atoms with E-state index in [1.807, 2.05) is 9.80 Å². The van der Waals surface area contributed by atoms with Gasteiger partial charge in [0.25, 0.3) is 0 Å². The van der Waals surface area contributed by atoms with E-state index in [1.165, 1.54) is 0 Å². The Hall–Kier alpha value is -1.06. The highest BCUT2D eigenvalue weighted by molar-refractivity contribution is 5.89. The van der Waals surface area contributed by atoms with Crippen molar-refractivity contribution in [3.05, 3.63) is 0 Å². The lowest BCUT2D eigenvalue weighted by Gasteiger charge is -2.35. The van der Waals surface area contributed by atoms with Crippen LogP contribution < -0.4 is 0 Å². The molecule has 4 nitrogen and oxygen atoms in total. The van der Waals surface area contributed by atoms with Gasteiger partial charge >= 0.3 is 0 Å². The number of hydrogen-bond donors (Lipinski definition) is 0. The fraction of sp³-hybridized carbons (Fsp3) is 0.882. The zero-order valence-corrected chi connectivity index (χ0v) is 13.8. The summed E-state index contributed by atoms with van der Waals surface area (Å²) in [5.74, 6) is 1.19. The molecule has 4 heteroatoms. The summed E-state index contributed by atoms with van der Waals surface area (Å²) < 4.78 is 0. The van der Waals surface area contributed by atoms with Crippen LogP contribution in [-0.2, 0) is 9.59 Å². The molecule has 0 aromatic heterocycles. The van der Waals surface area contributed by atoms with Gasteiger partial charge in [0.1, 0.15) is 6.04 Å². The molecule has 0 spiro atoms. The number of nitrogens with zero attached hydrogens (tertiary/aromatic N) is 2. The predicted molar refractivity (Wildman–Crippen MR) is 83.8 cm³/mol. The molecule has 2 aliphatic heterocycles. The van der Waals surface area contributed by atoms with Crippen molar-refractivity contribution in [3.63, 3.8) is 0 Å². The van der Waals surface area contributed by atoms with Gasteiger partial charge in [-0.05, 0) is 44.4 Å². The summed E-state index contributed by atoms with van der Waals surface area (Å²) in [5.41, 5.74) is 0. The molecule has 0 aromatic rings. The molecule has 0 unspecified atom stereocenters. The van der Waals surface area contributed by atoms with Gasteiger partial charge in [0.15, 0.2) is 0 Å². The van der Waals surface area contributed by atoms with Crippen LogP contribution in [0, 0.1) is 11.8 Å². The first-order chi connectivity index (χ1) is 10.1. The molecule has 2 amide bonds. The molecule has 0 bridgehead atoms. The summed E-state index contributed by atoms with van der Waals surface area (Å²) in [7, 11) is 0. The first-order valence-electron chi connectivity index (χ1n) is 8.67. The normalized spacial score (nSPS) is 23.9. The first-order valence-corrected chi connectivity index (χ1v) is 8.67. The zero-order valence-electron chi connectivity index (χ0n) is 13.8. The van der Waals surface area contributed by atoms with Crippen LogP contribution in [0.15, 0.2) is 0 Å². The summed E-state index contributed by atoms with van der Waals surface area (Å²) in [6.45, 7) is 8.86. The van der Waals surface area contributed by atoms with Crippen molar-refractivity contribution in [1.82, 2.24) is 9.80 Å². The molecule has 21 heavy (non-hydrogen) atoms. The quantitative estimate of drug-likeness (QED) is 0.800. The molecule has 120 valence electrons. The minimum atomic E-state index is -0.188. The number of carbonyl (C=O) groups is 2. The number of piperidine rings is 1. The Labute approximate surface area is 128 Å². The number of rotatable bonds is 4. The van der Waals surface area contributed by atoms with Crippen molar-refractivity contribution in [2.75, 3.05) is 19.6 Å². The Kier molecular flexibility index (Phi) is 5.65. The maximum Gasteiger partial charge on any atom is 0.245 e. The fourth-order valence-corrected chi connectivity index (χ4v) is 3.60. The van der Waals surface area contributed by atoms with Crippen LogP contribution in [0.2, 0.25) is 0 Å². The topological polar surface area (TPSA) is 40.6 Å². The highest BCUT2D eigenvalue weighted by atomic mass is 16.2. The average Bonchev–Trinajstić information content (AvgIpc) is 2.97. The Morgan fingerprint density at radius 2 is 1.67 bits per heavy atom. The molecular weight excluding hydrogens is 264 g/mol. The molecule has 1 atom stereocenters. The molecule has 0 aliphatic carbocycles. The second kappa shape index (κ2) is 7.28. The van der Waals surface area contributed by atoms with Crippen molar-refractivity contribution < 1.29 is 9.59 Å². The maximum atomic E-state index is 12.8. The zero-order chi connectivity index (χ0) is 15.4. The summed E-state index contributed by atoms with van der Waals surface area (Å²) in [6.07, 6.45) is 5.74. The van der Waals surface area contributed by atoms with Crippen LogP contribution in [0.1, 0.15) is 59.3 Å². The van der Waals surface area contributed by atoms with Crippen molar-refractivity contribution >= 4 is 11.8 Å². The van der Waals surface area contributed by atoms with Crippen LogP contribution >= 0.6 is 0 Å². The van der Waals surface area contributed by atoms with Crippen LogP contribution in [0.4, 0.5) is 0 Å². The van der Waals surface area contributed by atoms with Crippen molar-refractivity contribution in [1.29, 1.82) is 0 Å². The highest BCUT2D eigenvalue weighted by Crippen LogP contribution is 2.25. The molecule has 2 fully saturated rings. The summed E-state index contributed by atoms with van der Waals surface area (Å²) in [5, 5.41) is 0. The molecule has 2 heterocycles. The second-order valence-corrected chi connectivity index (χ2v) is 6.71. The predicted octanol–water partition coefficient (Wildman–Crippen LogP) is 2.67. The summed E-state index contributed by atoms with van der Waals surface area (Å²) >= 11 is 0. The summed E-state index contributed by atoms with van der Waals surface area (Å²) in [6, 6.07) is -0.188. The largest absolute Gasteiger partial charge is 0.341 e. The van der Waals surface area contributed by atoms with E-state index in [1.54, 1.807) is 0 Å². The smallest absolute Gasteiger partial charge is 0.245 e. The Morgan fingerprint density at radius 3 is 2.24 bits per heavy atom. The summed E-state index contributed by atoms with van der Waals surface area (Å²) in [4.78, 5) is 29.2. The van der Waals surface area contributed by atoms with Crippen LogP contribution in [0.5, 0.6) is 0 Å². The Morgan fingerprint density at radius 1 is 1.05 bits per heavy atom. The van der Waals surface area contributed by atoms with E-state index in [-0.39, 0.29) is 23.8 Å². The Bertz CT molecular complexity index is 371. The van der Waals surface area contributed by atoms with Crippen LogP contribution in [0.3, 0.4) is 0 Å². The van der Waals surface area contributed by atoms with Gasteiger partial charge < -0.3 is 9.80 Å². The molecule has 0 N–H and O–H groups in total. The van der Waals surface area contributed by atoms with Crippen molar-refractivity contribution in [2.24, 2.45) is 11.8 Å². The minimum absolute atomic E-state index is 0.0831. The monoisotopic (exact) mass is 294 g/mol. The van der Waals surface area contributed by atoms with Gasteiger partial charge in [-0.2, -0.15) is 0 Å². The van der Waals surface area contributed by atoms with Gasteiger partial charge in [-0.15, -0.1) is 0 Å². The molecular formula is C17H30N2O2. The SMILES string of the molecule is CCC(CC)C(=O)N1CCC[C@H]1C(=O)N1CCC(C)CC1.